The highest BCUT2D eigenvalue weighted by Gasteiger charge is 2.19. The third-order valence-corrected chi connectivity index (χ3v) is 4.70. The maximum atomic E-state index is 12.3. The van der Waals surface area contributed by atoms with Crippen LogP contribution in [0.4, 0.5) is 5.69 Å². The monoisotopic (exact) mass is 292 g/mol. The standard InChI is InChI=1S/C13H16N4O2S/c1-17-9-11(8-15-17)20(18,19)16-13-4-2-3-10-7-14-6-5-12(10)13/h2-4,8-9,14,16H,5-7H2,1H3. The van der Waals surface area contributed by atoms with Crippen LogP contribution in [0.25, 0.3) is 0 Å². The fraction of sp³-hybridized carbons (Fsp3) is 0.308. The third kappa shape index (κ3) is 2.41. The van der Waals surface area contributed by atoms with Crippen LogP contribution in [0, 0.1) is 0 Å². The van der Waals surface area contributed by atoms with Gasteiger partial charge in [0.2, 0.25) is 0 Å². The lowest BCUT2D eigenvalue weighted by atomic mass is 9.99. The van der Waals surface area contributed by atoms with Gasteiger partial charge in [-0.1, -0.05) is 12.1 Å². The number of fused-ring (bicyclic) bond motifs is 1. The molecule has 0 radical (unpaired) electrons. The molecule has 0 atom stereocenters. The maximum absolute atomic E-state index is 12.3. The number of aryl methyl sites for hydroxylation is 1. The molecule has 20 heavy (non-hydrogen) atoms. The van der Waals surface area contributed by atoms with E-state index in [1.165, 1.54) is 17.1 Å². The van der Waals surface area contributed by atoms with Crippen molar-refractivity contribution in [3.63, 3.8) is 0 Å². The van der Waals surface area contributed by atoms with Crippen molar-refractivity contribution in [3.05, 3.63) is 41.7 Å². The van der Waals surface area contributed by atoms with E-state index < -0.39 is 10.0 Å². The van der Waals surface area contributed by atoms with Crippen LogP contribution in [0.15, 0.2) is 35.5 Å². The minimum Gasteiger partial charge on any atom is -0.312 e. The summed E-state index contributed by atoms with van der Waals surface area (Å²) in [5.41, 5.74) is 2.87. The zero-order valence-corrected chi connectivity index (χ0v) is 11.9. The Balaban J connectivity index is 1.95. The molecule has 0 aliphatic carbocycles. The van der Waals surface area contributed by atoms with Crippen LogP contribution in [0.3, 0.4) is 0 Å². The third-order valence-electron chi connectivity index (χ3n) is 3.38. The van der Waals surface area contributed by atoms with Gasteiger partial charge < -0.3 is 5.32 Å². The first-order valence-corrected chi connectivity index (χ1v) is 7.87. The molecule has 0 unspecified atom stereocenters. The summed E-state index contributed by atoms with van der Waals surface area (Å²) in [6.07, 6.45) is 3.65. The molecular weight excluding hydrogens is 276 g/mol. The van der Waals surface area contributed by atoms with Crippen LogP contribution in [0.5, 0.6) is 0 Å². The molecule has 1 aromatic heterocycles. The minimum atomic E-state index is -3.58. The van der Waals surface area contributed by atoms with E-state index >= 15 is 0 Å². The number of rotatable bonds is 3. The van der Waals surface area contributed by atoms with Gasteiger partial charge in [0.1, 0.15) is 4.90 Å². The predicted octanol–water partition coefficient (Wildman–Crippen LogP) is 0.867. The Bertz CT molecular complexity index is 737. The zero-order valence-electron chi connectivity index (χ0n) is 11.1. The number of aromatic nitrogens is 2. The van der Waals surface area contributed by atoms with E-state index in [1.807, 2.05) is 12.1 Å². The molecule has 7 heteroatoms. The first kappa shape index (κ1) is 13.1. The molecule has 0 spiro atoms. The van der Waals surface area contributed by atoms with Crippen molar-refractivity contribution in [1.29, 1.82) is 0 Å². The number of hydrogen-bond acceptors (Lipinski definition) is 4. The van der Waals surface area contributed by atoms with Crippen molar-refractivity contribution in [2.45, 2.75) is 17.9 Å². The smallest absolute Gasteiger partial charge is 0.265 e. The second kappa shape index (κ2) is 4.92. The van der Waals surface area contributed by atoms with Crippen molar-refractivity contribution in [2.75, 3.05) is 11.3 Å². The molecule has 0 saturated heterocycles. The topological polar surface area (TPSA) is 76.0 Å². The van der Waals surface area contributed by atoms with Crippen molar-refractivity contribution in [3.8, 4) is 0 Å². The van der Waals surface area contributed by atoms with Crippen molar-refractivity contribution in [1.82, 2.24) is 15.1 Å². The Morgan fingerprint density at radius 1 is 1.40 bits per heavy atom. The molecule has 2 heterocycles. The van der Waals surface area contributed by atoms with Gasteiger partial charge in [0.15, 0.2) is 0 Å². The highest BCUT2D eigenvalue weighted by molar-refractivity contribution is 7.92. The van der Waals surface area contributed by atoms with Gasteiger partial charge in [-0.3, -0.25) is 9.40 Å². The Hall–Kier alpha value is -1.86. The zero-order chi connectivity index (χ0) is 14.2. The van der Waals surface area contributed by atoms with Crippen LogP contribution < -0.4 is 10.0 Å². The predicted molar refractivity (Wildman–Crippen MR) is 75.9 cm³/mol. The van der Waals surface area contributed by atoms with Crippen molar-refractivity contribution in [2.24, 2.45) is 7.05 Å². The Morgan fingerprint density at radius 3 is 3.00 bits per heavy atom. The number of hydrogen-bond donors (Lipinski definition) is 2. The molecule has 1 aromatic carbocycles. The average molecular weight is 292 g/mol. The molecule has 2 N–H and O–H groups in total. The second-order valence-corrected chi connectivity index (χ2v) is 6.51. The van der Waals surface area contributed by atoms with Crippen molar-refractivity contribution >= 4 is 15.7 Å². The fourth-order valence-corrected chi connectivity index (χ4v) is 3.44. The van der Waals surface area contributed by atoms with E-state index in [4.69, 9.17) is 0 Å². The van der Waals surface area contributed by atoms with Crippen LogP contribution >= 0.6 is 0 Å². The van der Waals surface area contributed by atoms with Gasteiger partial charge in [-0.15, -0.1) is 0 Å². The number of nitrogens with one attached hydrogen (secondary N) is 2. The van der Waals surface area contributed by atoms with E-state index in [9.17, 15) is 8.42 Å². The summed E-state index contributed by atoms with van der Waals surface area (Å²) >= 11 is 0. The SMILES string of the molecule is Cn1cc(S(=O)(=O)Nc2cccc3c2CCNC3)cn1. The Kier molecular flexibility index (Phi) is 3.23. The van der Waals surface area contributed by atoms with Crippen LogP contribution in [0.2, 0.25) is 0 Å². The summed E-state index contributed by atoms with van der Waals surface area (Å²) in [6.45, 7) is 1.64. The molecule has 0 amide bonds. The van der Waals surface area contributed by atoms with Gasteiger partial charge in [0, 0.05) is 19.8 Å². The molecule has 106 valence electrons. The Labute approximate surface area is 117 Å². The average Bonchev–Trinajstić information content (AvgIpc) is 2.86. The lowest BCUT2D eigenvalue weighted by Gasteiger charge is -2.20. The van der Waals surface area contributed by atoms with Gasteiger partial charge in [-0.2, -0.15) is 5.10 Å². The highest BCUT2D eigenvalue weighted by Crippen LogP contribution is 2.25. The molecule has 0 fully saturated rings. The van der Waals surface area contributed by atoms with Gasteiger partial charge in [0.05, 0.1) is 11.9 Å². The number of sulfonamides is 1. The van der Waals surface area contributed by atoms with Crippen LogP contribution in [-0.4, -0.2) is 24.7 Å². The molecule has 6 nitrogen and oxygen atoms in total. The molecule has 2 aromatic rings. The van der Waals surface area contributed by atoms with Crippen LogP contribution in [-0.2, 0) is 30.0 Å². The summed E-state index contributed by atoms with van der Waals surface area (Å²) in [7, 11) is -1.89. The van der Waals surface area contributed by atoms with E-state index in [0.717, 1.165) is 30.6 Å². The number of nitrogens with zero attached hydrogens (tertiary/aromatic N) is 2. The lowest BCUT2D eigenvalue weighted by molar-refractivity contribution is 0.600. The normalized spacial score (nSPS) is 14.8. The molecule has 1 aliphatic rings. The minimum absolute atomic E-state index is 0.173. The molecule has 0 saturated carbocycles. The fourth-order valence-electron chi connectivity index (χ4n) is 2.37. The molecule has 0 bridgehead atoms. The summed E-state index contributed by atoms with van der Waals surface area (Å²) in [6, 6.07) is 5.69. The van der Waals surface area contributed by atoms with Crippen molar-refractivity contribution < 1.29 is 8.42 Å². The van der Waals surface area contributed by atoms with Crippen LogP contribution in [0.1, 0.15) is 11.1 Å². The highest BCUT2D eigenvalue weighted by atomic mass is 32.2. The number of anilines is 1. The van der Waals surface area contributed by atoms with Gasteiger partial charge in [-0.05, 0) is 30.2 Å². The quantitative estimate of drug-likeness (QED) is 0.880. The lowest BCUT2D eigenvalue weighted by Crippen LogP contribution is -2.25. The summed E-state index contributed by atoms with van der Waals surface area (Å²) in [5.74, 6) is 0. The molecular formula is C13H16N4O2S. The first-order chi connectivity index (χ1) is 9.56. The largest absolute Gasteiger partial charge is 0.312 e. The van der Waals surface area contributed by atoms with E-state index in [-0.39, 0.29) is 4.90 Å². The van der Waals surface area contributed by atoms with Gasteiger partial charge >= 0.3 is 0 Å². The van der Waals surface area contributed by atoms with E-state index in [2.05, 4.69) is 15.1 Å². The summed E-state index contributed by atoms with van der Waals surface area (Å²) < 4.78 is 28.8. The molecule has 1 aliphatic heterocycles. The second-order valence-electron chi connectivity index (χ2n) is 4.83. The van der Waals surface area contributed by atoms with E-state index in [0.29, 0.717) is 5.69 Å². The van der Waals surface area contributed by atoms with Gasteiger partial charge in [-0.25, -0.2) is 8.42 Å². The summed E-state index contributed by atoms with van der Waals surface area (Å²) in [5, 5.41) is 7.17. The summed E-state index contributed by atoms with van der Waals surface area (Å²) in [4.78, 5) is 0.173. The van der Waals surface area contributed by atoms with E-state index in [1.54, 1.807) is 13.1 Å². The number of benzene rings is 1. The van der Waals surface area contributed by atoms with Gasteiger partial charge in [0.25, 0.3) is 10.0 Å². The first-order valence-electron chi connectivity index (χ1n) is 6.39. The molecule has 3 rings (SSSR count). The maximum Gasteiger partial charge on any atom is 0.265 e. The Morgan fingerprint density at radius 2 is 2.25 bits per heavy atom.